The molecule has 1 N–H and O–H groups in total. The Bertz CT molecular complexity index is 939. The molecule has 0 spiro atoms. The van der Waals surface area contributed by atoms with Gasteiger partial charge in [0, 0.05) is 12.6 Å². The molecule has 0 saturated heterocycles. The highest BCUT2D eigenvalue weighted by Crippen LogP contribution is 2.34. The fourth-order valence-corrected chi connectivity index (χ4v) is 6.20. The zero-order chi connectivity index (χ0) is 22.7. The summed E-state index contributed by atoms with van der Waals surface area (Å²) in [6.07, 6.45) is 7.80. The van der Waals surface area contributed by atoms with Crippen molar-refractivity contribution >= 4 is 33.4 Å². The fraction of sp³-hybridized carbons (Fsp3) is 0.680. The molecule has 176 valence electrons. The van der Waals surface area contributed by atoms with Crippen LogP contribution in [0.2, 0.25) is 0 Å². The van der Waals surface area contributed by atoms with E-state index in [-0.39, 0.29) is 17.9 Å². The normalized spacial score (nSPS) is 22.4. The predicted molar refractivity (Wildman–Crippen MR) is 131 cm³/mol. The number of fused-ring (bicyclic) bond motifs is 3. The van der Waals surface area contributed by atoms with E-state index in [9.17, 15) is 9.59 Å². The molecule has 2 aromatic rings. The summed E-state index contributed by atoms with van der Waals surface area (Å²) in [6.45, 7) is 10.4. The van der Waals surface area contributed by atoms with Crippen molar-refractivity contribution < 1.29 is 9.59 Å². The topological polar surface area (TPSA) is 57.6 Å². The van der Waals surface area contributed by atoms with E-state index in [1.807, 2.05) is 17.9 Å². The second-order valence-electron chi connectivity index (χ2n) is 9.56. The number of amides is 2. The van der Waals surface area contributed by atoms with Crippen LogP contribution in [0.1, 0.15) is 76.2 Å². The van der Waals surface area contributed by atoms with Gasteiger partial charge in [0.1, 0.15) is 11.2 Å². The number of aromatic nitrogens is 1. The van der Waals surface area contributed by atoms with Gasteiger partial charge in [0.25, 0.3) is 5.91 Å². The first-order chi connectivity index (χ1) is 15.5. The molecular weight excluding hydrogens is 420 g/mol. The third-order valence-corrected chi connectivity index (χ3v) is 8.33. The van der Waals surface area contributed by atoms with Crippen LogP contribution in [-0.4, -0.2) is 63.9 Å². The predicted octanol–water partition coefficient (Wildman–Crippen LogP) is 4.49. The lowest BCUT2D eigenvalue weighted by Crippen LogP contribution is -2.65. The van der Waals surface area contributed by atoms with Crippen molar-refractivity contribution in [3.05, 3.63) is 23.2 Å². The maximum atomic E-state index is 13.7. The number of thiophene rings is 1. The van der Waals surface area contributed by atoms with E-state index in [0.29, 0.717) is 13.1 Å². The van der Waals surface area contributed by atoms with E-state index in [2.05, 4.69) is 40.1 Å². The lowest BCUT2D eigenvalue weighted by atomic mass is 9.93. The molecule has 6 nitrogen and oxygen atoms in total. The Morgan fingerprint density at radius 3 is 2.62 bits per heavy atom. The molecule has 0 bridgehead atoms. The van der Waals surface area contributed by atoms with E-state index >= 15 is 0 Å². The second-order valence-corrected chi connectivity index (χ2v) is 10.5. The summed E-state index contributed by atoms with van der Waals surface area (Å²) in [7, 11) is 0. The van der Waals surface area contributed by atoms with Crippen LogP contribution in [-0.2, 0) is 11.3 Å². The number of nitrogens with one attached hydrogen (secondary N) is 1. The third kappa shape index (κ3) is 4.46. The third-order valence-electron chi connectivity index (χ3n) is 7.48. The first-order valence-electron chi connectivity index (χ1n) is 12.4. The molecule has 3 heterocycles. The van der Waals surface area contributed by atoms with Gasteiger partial charge in [-0.05, 0) is 63.3 Å². The quantitative estimate of drug-likeness (QED) is 0.593. The van der Waals surface area contributed by atoms with Crippen LogP contribution in [0.5, 0.6) is 0 Å². The van der Waals surface area contributed by atoms with Gasteiger partial charge in [-0.1, -0.05) is 39.5 Å². The van der Waals surface area contributed by atoms with Gasteiger partial charge in [0.2, 0.25) is 5.91 Å². The lowest BCUT2D eigenvalue weighted by molar-refractivity contribution is -0.133. The maximum Gasteiger partial charge on any atom is 0.271 e. The average molecular weight is 459 g/mol. The number of hydrogen-bond acceptors (Lipinski definition) is 4. The summed E-state index contributed by atoms with van der Waals surface area (Å²) < 4.78 is 3.19. The van der Waals surface area contributed by atoms with Crippen molar-refractivity contribution in [2.45, 2.75) is 83.8 Å². The molecule has 1 fully saturated rings. The molecular formula is C25H38N4O2S. The molecule has 32 heavy (non-hydrogen) atoms. The molecule has 1 saturated carbocycles. The van der Waals surface area contributed by atoms with Gasteiger partial charge >= 0.3 is 0 Å². The Morgan fingerprint density at radius 1 is 1.22 bits per heavy atom. The van der Waals surface area contributed by atoms with Crippen LogP contribution in [0.4, 0.5) is 0 Å². The van der Waals surface area contributed by atoms with Crippen LogP contribution in [0.15, 0.2) is 17.5 Å². The van der Waals surface area contributed by atoms with Crippen molar-refractivity contribution in [3.63, 3.8) is 0 Å². The highest BCUT2D eigenvalue weighted by Gasteiger charge is 2.47. The molecule has 1 unspecified atom stereocenters. The Morgan fingerprint density at radius 2 is 1.94 bits per heavy atom. The molecule has 2 aliphatic rings. The van der Waals surface area contributed by atoms with Gasteiger partial charge < -0.3 is 19.7 Å². The van der Waals surface area contributed by atoms with Crippen LogP contribution >= 0.6 is 11.3 Å². The minimum absolute atomic E-state index is 0.00307. The van der Waals surface area contributed by atoms with Crippen LogP contribution in [0.25, 0.3) is 10.2 Å². The average Bonchev–Trinajstić information content (AvgIpc) is 3.28. The summed E-state index contributed by atoms with van der Waals surface area (Å²) in [6, 6.07) is 4.29. The molecule has 1 aliphatic carbocycles. The molecule has 2 amide bonds. The van der Waals surface area contributed by atoms with Crippen LogP contribution in [0, 0.1) is 0 Å². The zero-order valence-corrected chi connectivity index (χ0v) is 20.7. The van der Waals surface area contributed by atoms with Crippen LogP contribution < -0.4 is 5.32 Å². The number of nitrogens with zero attached hydrogens (tertiary/aromatic N) is 3. The number of rotatable bonds is 8. The summed E-state index contributed by atoms with van der Waals surface area (Å²) in [5.41, 5.74) is 0.900. The summed E-state index contributed by atoms with van der Waals surface area (Å²) in [5, 5.41) is 5.41. The van der Waals surface area contributed by atoms with E-state index in [0.717, 1.165) is 54.8 Å². The molecule has 7 heteroatoms. The molecule has 4 rings (SSSR count). The van der Waals surface area contributed by atoms with Crippen molar-refractivity contribution in [2.24, 2.45) is 0 Å². The van der Waals surface area contributed by atoms with E-state index < -0.39 is 5.54 Å². The minimum Gasteiger partial charge on any atom is -0.351 e. The monoisotopic (exact) mass is 458 g/mol. The minimum atomic E-state index is -0.881. The summed E-state index contributed by atoms with van der Waals surface area (Å²) >= 11 is 1.65. The van der Waals surface area contributed by atoms with E-state index in [1.54, 1.807) is 11.3 Å². The van der Waals surface area contributed by atoms with Gasteiger partial charge in [-0.15, -0.1) is 11.3 Å². The highest BCUT2D eigenvalue weighted by molar-refractivity contribution is 7.17. The molecule has 1 aliphatic heterocycles. The van der Waals surface area contributed by atoms with Crippen molar-refractivity contribution in [3.8, 4) is 0 Å². The maximum absolute atomic E-state index is 13.7. The van der Waals surface area contributed by atoms with Gasteiger partial charge in [0.15, 0.2) is 0 Å². The van der Waals surface area contributed by atoms with Gasteiger partial charge in [-0.2, -0.15) is 0 Å². The molecule has 2 aromatic heterocycles. The van der Waals surface area contributed by atoms with Crippen molar-refractivity contribution in [2.75, 3.05) is 26.2 Å². The lowest BCUT2D eigenvalue weighted by Gasteiger charge is -2.45. The fourth-order valence-electron chi connectivity index (χ4n) is 5.38. The zero-order valence-electron chi connectivity index (χ0n) is 19.9. The standard InChI is InChI=1S/C25H38N4O2S/c1-4-27(5-2)14-10-15-29-23(30)21-17-22-20(13-16-32-22)28(21)18-25(29,3)24(31)26-19-11-8-6-7-9-12-19/h13,16-17,19H,4-12,14-15,18H2,1-3H3,(H,26,31). The summed E-state index contributed by atoms with van der Waals surface area (Å²) in [4.78, 5) is 31.7. The Labute approximate surface area is 195 Å². The van der Waals surface area contributed by atoms with E-state index in [4.69, 9.17) is 0 Å². The first-order valence-corrected chi connectivity index (χ1v) is 13.3. The number of hydrogen-bond donors (Lipinski definition) is 1. The molecule has 0 radical (unpaired) electrons. The Kier molecular flexibility index (Phi) is 7.25. The SMILES string of the molecule is CCN(CC)CCCN1C(=O)c2cc3sccc3n2CC1(C)C(=O)NC1CCCCCC1. The van der Waals surface area contributed by atoms with Gasteiger partial charge in [-0.3, -0.25) is 9.59 Å². The highest BCUT2D eigenvalue weighted by atomic mass is 32.1. The van der Waals surface area contributed by atoms with Crippen LogP contribution in [0.3, 0.4) is 0 Å². The largest absolute Gasteiger partial charge is 0.351 e. The Hall–Kier alpha value is -1.86. The van der Waals surface area contributed by atoms with Gasteiger partial charge in [-0.25, -0.2) is 0 Å². The van der Waals surface area contributed by atoms with E-state index in [1.165, 1.54) is 25.7 Å². The molecule has 1 atom stereocenters. The Balaban J connectivity index is 1.60. The smallest absolute Gasteiger partial charge is 0.271 e. The summed E-state index contributed by atoms with van der Waals surface area (Å²) in [5.74, 6) is -0.0129. The first kappa shape index (κ1) is 23.3. The number of carbonyl (C=O) groups is 2. The second kappa shape index (κ2) is 9.96. The van der Waals surface area contributed by atoms with Gasteiger partial charge in [0.05, 0.1) is 16.8 Å². The van der Waals surface area contributed by atoms with Crippen molar-refractivity contribution in [1.29, 1.82) is 0 Å². The van der Waals surface area contributed by atoms with Crippen molar-refractivity contribution in [1.82, 2.24) is 19.7 Å². The molecule has 0 aromatic carbocycles. The number of carbonyl (C=O) groups excluding carboxylic acids is 2.